The van der Waals surface area contributed by atoms with Gasteiger partial charge in [-0.15, -0.1) is 10.2 Å². The molecule has 0 aliphatic heterocycles. The summed E-state index contributed by atoms with van der Waals surface area (Å²) in [6.45, 7) is 4.02. The number of aryl methyl sites for hydroxylation is 2. The average Bonchev–Trinajstić information content (AvgIpc) is 3.21. The number of urea groups is 1. The van der Waals surface area contributed by atoms with Gasteiger partial charge < -0.3 is 15.1 Å². The molecule has 4 rings (SSSR count). The van der Waals surface area contributed by atoms with E-state index in [1.54, 1.807) is 18.2 Å². The molecule has 0 aliphatic rings. The number of halogens is 1. The minimum Gasteiger partial charge on any atom is -0.416 e. The third-order valence-corrected chi connectivity index (χ3v) is 4.98. The number of anilines is 2. The molecule has 4 aromatic rings. The van der Waals surface area contributed by atoms with Crippen molar-refractivity contribution >= 4 is 29.0 Å². The second-order valence-corrected chi connectivity index (χ2v) is 7.26. The number of aromatic nitrogens is 2. The maximum Gasteiger partial charge on any atom is 0.323 e. The monoisotopic (exact) mass is 418 g/mol. The van der Waals surface area contributed by atoms with Crippen LogP contribution in [0.1, 0.15) is 11.1 Å². The van der Waals surface area contributed by atoms with Crippen LogP contribution in [0, 0.1) is 13.8 Å². The van der Waals surface area contributed by atoms with E-state index in [2.05, 4.69) is 20.8 Å². The van der Waals surface area contributed by atoms with Crippen LogP contribution in [0.3, 0.4) is 0 Å². The van der Waals surface area contributed by atoms with E-state index in [4.69, 9.17) is 16.0 Å². The predicted molar refractivity (Wildman–Crippen MR) is 119 cm³/mol. The lowest BCUT2D eigenvalue weighted by atomic mass is 10.1. The normalized spacial score (nSPS) is 10.6. The van der Waals surface area contributed by atoms with Gasteiger partial charge in [0.05, 0.1) is 10.6 Å². The van der Waals surface area contributed by atoms with Gasteiger partial charge in [-0.25, -0.2) is 4.79 Å². The zero-order valence-electron chi connectivity index (χ0n) is 16.4. The van der Waals surface area contributed by atoms with Gasteiger partial charge in [-0.2, -0.15) is 0 Å². The number of amides is 2. The van der Waals surface area contributed by atoms with E-state index in [9.17, 15) is 4.79 Å². The van der Waals surface area contributed by atoms with Crippen LogP contribution in [0.5, 0.6) is 0 Å². The maximum atomic E-state index is 12.3. The minimum atomic E-state index is -0.355. The molecule has 0 spiro atoms. The van der Waals surface area contributed by atoms with Gasteiger partial charge in [0.15, 0.2) is 0 Å². The first-order chi connectivity index (χ1) is 14.5. The van der Waals surface area contributed by atoms with Crippen molar-refractivity contribution in [3.63, 3.8) is 0 Å². The molecule has 2 amide bonds. The molecule has 0 saturated carbocycles. The van der Waals surface area contributed by atoms with Gasteiger partial charge in [0.2, 0.25) is 11.8 Å². The fourth-order valence-electron chi connectivity index (χ4n) is 2.91. The van der Waals surface area contributed by atoms with Crippen LogP contribution in [0.2, 0.25) is 5.02 Å². The molecule has 0 bridgehead atoms. The maximum absolute atomic E-state index is 12.3. The van der Waals surface area contributed by atoms with Crippen LogP contribution in [0.4, 0.5) is 16.2 Å². The third-order valence-electron chi connectivity index (χ3n) is 4.67. The molecular weight excluding hydrogens is 400 g/mol. The Bertz CT molecular complexity index is 1210. The highest BCUT2D eigenvalue weighted by molar-refractivity contribution is 6.33. The molecule has 0 radical (unpaired) electrons. The molecule has 7 heteroatoms. The summed E-state index contributed by atoms with van der Waals surface area (Å²) in [5, 5.41) is 14.1. The SMILES string of the molecule is Cc1ccc(NC(=O)Nc2ccc(-c3nnc(-c4ccccc4)o3)c(Cl)c2)cc1C. The Morgan fingerprint density at radius 1 is 0.833 bits per heavy atom. The molecule has 0 atom stereocenters. The van der Waals surface area contributed by atoms with Gasteiger partial charge >= 0.3 is 6.03 Å². The lowest BCUT2D eigenvalue weighted by Gasteiger charge is -2.10. The first-order valence-electron chi connectivity index (χ1n) is 9.34. The Kier molecular flexibility index (Phi) is 5.50. The van der Waals surface area contributed by atoms with Crippen LogP contribution < -0.4 is 10.6 Å². The Morgan fingerprint density at radius 3 is 2.20 bits per heavy atom. The van der Waals surface area contributed by atoms with Gasteiger partial charge in [0.25, 0.3) is 0 Å². The molecule has 3 aromatic carbocycles. The summed E-state index contributed by atoms with van der Waals surface area (Å²) >= 11 is 6.40. The van der Waals surface area contributed by atoms with Gasteiger partial charge in [-0.3, -0.25) is 0 Å². The molecule has 1 heterocycles. The van der Waals surface area contributed by atoms with E-state index < -0.39 is 0 Å². The first-order valence-corrected chi connectivity index (χ1v) is 9.71. The zero-order valence-corrected chi connectivity index (χ0v) is 17.2. The highest BCUT2D eigenvalue weighted by Gasteiger charge is 2.14. The molecular formula is C23H19ClN4O2. The fraction of sp³-hybridized carbons (Fsp3) is 0.0870. The summed E-state index contributed by atoms with van der Waals surface area (Å²) in [6, 6.07) is 20.0. The quantitative estimate of drug-likeness (QED) is 0.406. The second-order valence-electron chi connectivity index (χ2n) is 6.85. The summed E-state index contributed by atoms with van der Waals surface area (Å²) in [7, 11) is 0. The molecule has 6 nitrogen and oxygen atoms in total. The van der Waals surface area contributed by atoms with E-state index in [0.717, 1.165) is 16.8 Å². The molecule has 0 unspecified atom stereocenters. The standard InChI is InChI=1S/C23H19ClN4O2/c1-14-8-9-17(12-15(14)2)25-23(29)26-18-10-11-19(20(24)13-18)22-28-27-21(30-22)16-6-4-3-5-7-16/h3-13H,1-2H3,(H2,25,26,29). The predicted octanol–water partition coefficient (Wildman–Crippen LogP) is 6.32. The zero-order chi connectivity index (χ0) is 21.1. The van der Waals surface area contributed by atoms with Gasteiger partial charge in [-0.1, -0.05) is 35.9 Å². The highest BCUT2D eigenvalue weighted by atomic mass is 35.5. The van der Waals surface area contributed by atoms with Gasteiger partial charge in [-0.05, 0) is 67.4 Å². The van der Waals surface area contributed by atoms with E-state index >= 15 is 0 Å². The number of nitrogens with zero attached hydrogens (tertiary/aromatic N) is 2. The number of carbonyl (C=O) groups is 1. The molecule has 30 heavy (non-hydrogen) atoms. The van der Waals surface area contributed by atoms with E-state index in [1.807, 2.05) is 62.4 Å². The number of benzene rings is 3. The summed E-state index contributed by atoms with van der Waals surface area (Å²) in [5.41, 5.74) is 4.96. The van der Waals surface area contributed by atoms with Crippen molar-refractivity contribution < 1.29 is 9.21 Å². The lowest BCUT2D eigenvalue weighted by molar-refractivity contribution is 0.262. The van der Waals surface area contributed by atoms with Crippen molar-refractivity contribution in [2.75, 3.05) is 10.6 Å². The number of nitrogens with one attached hydrogen (secondary N) is 2. The number of hydrogen-bond acceptors (Lipinski definition) is 4. The Balaban J connectivity index is 1.47. The van der Waals surface area contributed by atoms with Crippen molar-refractivity contribution in [1.29, 1.82) is 0 Å². The second kappa shape index (κ2) is 8.39. The Labute approximate surface area is 178 Å². The first kappa shape index (κ1) is 19.7. The van der Waals surface area contributed by atoms with Gasteiger partial charge in [0.1, 0.15) is 0 Å². The lowest BCUT2D eigenvalue weighted by Crippen LogP contribution is -2.19. The third kappa shape index (κ3) is 4.34. The molecule has 1 aromatic heterocycles. The number of carbonyl (C=O) groups excluding carboxylic acids is 1. The largest absolute Gasteiger partial charge is 0.416 e. The molecule has 0 fully saturated rings. The summed E-state index contributed by atoms with van der Waals surface area (Å²) in [4.78, 5) is 12.3. The van der Waals surface area contributed by atoms with Crippen molar-refractivity contribution in [2.45, 2.75) is 13.8 Å². The molecule has 2 N–H and O–H groups in total. The van der Waals surface area contributed by atoms with Crippen LogP contribution in [-0.2, 0) is 0 Å². The van der Waals surface area contributed by atoms with Crippen LogP contribution in [0.15, 0.2) is 71.1 Å². The topological polar surface area (TPSA) is 80.0 Å². The summed E-state index contributed by atoms with van der Waals surface area (Å²) in [5.74, 6) is 0.724. The van der Waals surface area contributed by atoms with E-state index in [0.29, 0.717) is 28.1 Å². The van der Waals surface area contributed by atoms with E-state index in [-0.39, 0.29) is 6.03 Å². The average molecular weight is 419 g/mol. The van der Waals surface area contributed by atoms with Crippen molar-refractivity contribution in [3.05, 3.63) is 82.9 Å². The minimum absolute atomic E-state index is 0.310. The van der Waals surface area contributed by atoms with Crippen molar-refractivity contribution in [3.8, 4) is 22.9 Å². The van der Waals surface area contributed by atoms with Crippen LogP contribution in [0.25, 0.3) is 22.9 Å². The molecule has 0 aliphatic carbocycles. The van der Waals surface area contributed by atoms with Gasteiger partial charge in [0, 0.05) is 16.9 Å². The molecule has 150 valence electrons. The van der Waals surface area contributed by atoms with Crippen LogP contribution >= 0.6 is 11.6 Å². The van der Waals surface area contributed by atoms with Crippen molar-refractivity contribution in [2.24, 2.45) is 0 Å². The number of hydrogen-bond donors (Lipinski definition) is 2. The van der Waals surface area contributed by atoms with Crippen molar-refractivity contribution in [1.82, 2.24) is 10.2 Å². The number of rotatable bonds is 4. The summed E-state index contributed by atoms with van der Waals surface area (Å²) < 4.78 is 5.75. The summed E-state index contributed by atoms with van der Waals surface area (Å²) in [6.07, 6.45) is 0. The Morgan fingerprint density at radius 2 is 1.50 bits per heavy atom. The Hall–Kier alpha value is -3.64. The molecule has 0 saturated heterocycles. The van der Waals surface area contributed by atoms with E-state index in [1.165, 1.54) is 5.56 Å². The highest BCUT2D eigenvalue weighted by Crippen LogP contribution is 2.31. The smallest absolute Gasteiger partial charge is 0.323 e. The van der Waals surface area contributed by atoms with Crippen LogP contribution in [-0.4, -0.2) is 16.2 Å². The fourth-order valence-corrected chi connectivity index (χ4v) is 3.17.